The number of nitrogens with one attached hydrogen (secondary N) is 1. The molecule has 1 aliphatic rings. The molecular weight excluding hydrogens is 675 g/mol. The number of ether oxygens (including phenoxy) is 1. The number of hydrogen-bond acceptors (Lipinski definition) is 4. The van der Waals surface area contributed by atoms with Gasteiger partial charge in [-0.1, -0.05) is 90.5 Å². The maximum absolute atomic E-state index is 14.9. The topological polar surface area (TPSA) is 78.9 Å². The molecule has 1 heterocycles. The molecule has 8 heteroatoms. The number of halogens is 2. The molecule has 4 aromatic rings. The molecule has 0 aromatic heterocycles. The molecule has 0 saturated carbocycles. The van der Waals surface area contributed by atoms with Crippen molar-refractivity contribution in [1.29, 1.82) is 0 Å². The second-order valence-electron chi connectivity index (χ2n) is 10.7. The van der Waals surface area contributed by atoms with E-state index in [2.05, 4.69) is 27.9 Å². The fourth-order valence-corrected chi connectivity index (χ4v) is 6.80. The summed E-state index contributed by atoms with van der Waals surface area (Å²) in [6, 6.07) is 29.8. The normalized spacial score (nSPS) is 17.9. The molecule has 0 spiro atoms. The highest BCUT2D eigenvalue weighted by Crippen LogP contribution is 2.50. The Bertz CT molecular complexity index is 1600. The number of carbonyl (C=O) groups excluding carboxylic acids is 2. The standard InChI is InChI=1S/C35H34ClIN2O4/c1-43-20-8-19-38-34(42)35(21-26-9-3-7-14-31(26)37)29-12-5-4-11-28(29)33(41)39(22-27-10-2-6-13-30(27)36)32(35)25-17-15-24(23-40)16-18-25/h2-7,9-18,32,40H,8,19-23H2,1H3,(H,38,42)/t32-,35-/m0/s1. The summed E-state index contributed by atoms with van der Waals surface area (Å²) in [6.07, 6.45) is 1.01. The van der Waals surface area contributed by atoms with Gasteiger partial charge in [0.2, 0.25) is 5.91 Å². The van der Waals surface area contributed by atoms with Crippen LogP contribution in [-0.2, 0) is 34.5 Å². The van der Waals surface area contributed by atoms with E-state index in [1.807, 2.05) is 97.1 Å². The predicted molar refractivity (Wildman–Crippen MR) is 177 cm³/mol. The average molecular weight is 709 g/mol. The van der Waals surface area contributed by atoms with Crippen molar-refractivity contribution < 1.29 is 19.4 Å². The number of aliphatic hydroxyl groups excluding tert-OH is 1. The van der Waals surface area contributed by atoms with Crippen molar-refractivity contribution in [2.24, 2.45) is 0 Å². The van der Waals surface area contributed by atoms with Crippen LogP contribution in [0.3, 0.4) is 0 Å². The van der Waals surface area contributed by atoms with Gasteiger partial charge in [0, 0.05) is 41.0 Å². The SMILES string of the molecule is COCCCNC(=O)[C@@]1(Cc2ccccc2I)c2ccccc2C(=O)N(Cc2ccccc2Cl)[C@H]1c1ccc(CO)cc1. The zero-order valence-electron chi connectivity index (χ0n) is 23.9. The Balaban J connectivity index is 1.79. The van der Waals surface area contributed by atoms with Gasteiger partial charge in [-0.05, 0) is 81.4 Å². The van der Waals surface area contributed by atoms with Crippen LogP contribution in [-0.4, -0.2) is 42.1 Å². The van der Waals surface area contributed by atoms with Crippen LogP contribution in [0.5, 0.6) is 0 Å². The second kappa shape index (κ2) is 14.0. The molecule has 2 amide bonds. The van der Waals surface area contributed by atoms with E-state index in [-0.39, 0.29) is 25.0 Å². The average Bonchev–Trinajstić information content (AvgIpc) is 3.03. The van der Waals surface area contributed by atoms with Crippen molar-refractivity contribution in [3.05, 3.63) is 139 Å². The van der Waals surface area contributed by atoms with Gasteiger partial charge in [-0.3, -0.25) is 9.59 Å². The minimum atomic E-state index is -1.19. The third-order valence-corrected chi connectivity index (χ3v) is 9.52. The fraction of sp³-hybridized carbons (Fsp3) is 0.257. The van der Waals surface area contributed by atoms with Gasteiger partial charge in [0.25, 0.3) is 5.91 Å². The summed E-state index contributed by atoms with van der Waals surface area (Å²) >= 11 is 8.96. The van der Waals surface area contributed by atoms with E-state index in [0.717, 1.165) is 25.8 Å². The molecule has 2 atom stereocenters. The maximum Gasteiger partial charge on any atom is 0.255 e. The quantitative estimate of drug-likeness (QED) is 0.138. The fourth-order valence-electron chi connectivity index (χ4n) is 6.02. The smallest absolute Gasteiger partial charge is 0.255 e. The number of hydrogen-bond donors (Lipinski definition) is 2. The molecule has 0 bridgehead atoms. The molecule has 0 fully saturated rings. The number of rotatable bonds is 11. The van der Waals surface area contributed by atoms with Crippen LogP contribution in [0.4, 0.5) is 0 Å². The monoisotopic (exact) mass is 708 g/mol. The van der Waals surface area contributed by atoms with E-state index in [1.54, 1.807) is 12.0 Å². The van der Waals surface area contributed by atoms with E-state index in [9.17, 15) is 14.7 Å². The van der Waals surface area contributed by atoms with Gasteiger partial charge in [-0.25, -0.2) is 0 Å². The number of benzene rings is 4. The zero-order valence-corrected chi connectivity index (χ0v) is 26.8. The molecule has 0 unspecified atom stereocenters. The third-order valence-electron chi connectivity index (χ3n) is 8.10. The molecule has 5 rings (SSSR count). The Labute approximate surface area is 271 Å². The molecule has 0 saturated heterocycles. The van der Waals surface area contributed by atoms with Crippen LogP contribution >= 0.6 is 34.2 Å². The Morgan fingerprint density at radius 2 is 1.65 bits per heavy atom. The molecule has 0 aliphatic carbocycles. The summed E-state index contributed by atoms with van der Waals surface area (Å²) < 4.78 is 6.28. The van der Waals surface area contributed by atoms with Gasteiger partial charge < -0.3 is 20.1 Å². The highest BCUT2D eigenvalue weighted by atomic mass is 127. The highest BCUT2D eigenvalue weighted by molar-refractivity contribution is 14.1. The summed E-state index contributed by atoms with van der Waals surface area (Å²) in [4.78, 5) is 31.1. The number of methoxy groups -OCH3 is 1. The van der Waals surface area contributed by atoms with Crippen molar-refractivity contribution in [3.8, 4) is 0 Å². The number of aliphatic hydroxyl groups is 1. The Morgan fingerprint density at radius 3 is 2.35 bits per heavy atom. The molecule has 222 valence electrons. The van der Waals surface area contributed by atoms with E-state index >= 15 is 0 Å². The van der Waals surface area contributed by atoms with Gasteiger partial charge in [0.1, 0.15) is 5.41 Å². The molecule has 43 heavy (non-hydrogen) atoms. The van der Waals surface area contributed by atoms with Crippen molar-refractivity contribution in [3.63, 3.8) is 0 Å². The van der Waals surface area contributed by atoms with Crippen molar-refractivity contribution in [2.45, 2.75) is 37.5 Å². The van der Waals surface area contributed by atoms with Gasteiger partial charge in [-0.2, -0.15) is 0 Å². The number of amides is 2. The van der Waals surface area contributed by atoms with Gasteiger partial charge >= 0.3 is 0 Å². The van der Waals surface area contributed by atoms with Gasteiger partial charge in [-0.15, -0.1) is 0 Å². The lowest BCUT2D eigenvalue weighted by molar-refractivity contribution is -0.130. The molecule has 1 aliphatic heterocycles. The number of nitrogens with zero attached hydrogens (tertiary/aromatic N) is 1. The zero-order chi connectivity index (χ0) is 30.4. The number of fused-ring (bicyclic) bond motifs is 1. The first-order valence-corrected chi connectivity index (χ1v) is 15.7. The molecule has 2 N–H and O–H groups in total. The van der Waals surface area contributed by atoms with E-state index in [0.29, 0.717) is 42.1 Å². The largest absolute Gasteiger partial charge is 0.392 e. The first-order valence-electron chi connectivity index (χ1n) is 14.2. The first-order chi connectivity index (χ1) is 20.9. The third kappa shape index (κ3) is 6.36. The van der Waals surface area contributed by atoms with E-state index < -0.39 is 11.5 Å². The van der Waals surface area contributed by atoms with Gasteiger partial charge in [0.05, 0.1) is 12.6 Å². The lowest BCUT2D eigenvalue weighted by Crippen LogP contribution is -2.59. The molecule has 0 radical (unpaired) electrons. The highest BCUT2D eigenvalue weighted by Gasteiger charge is 2.56. The van der Waals surface area contributed by atoms with Crippen molar-refractivity contribution in [1.82, 2.24) is 10.2 Å². The Kier molecular flexibility index (Phi) is 10.2. The van der Waals surface area contributed by atoms with Crippen LogP contribution in [0.15, 0.2) is 97.1 Å². The Hall–Kier alpha value is -3.24. The van der Waals surface area contributed by atoms with E-state index in [1.165, 1.54) is 0 Å². The van der Waals surface area contributed by atoms with Crippen LogP contribution in [0, 0.1) is 3.57 Å². The van der Waals surface area contributed by atoms with Crippen molar-refractivity contribution in [2.75, 3.05) is 20.3 Å². The lowest BCUT2D eigenvalue weighted by atomic mass is 9.63. The van der Waals surface area contributed by atoms with Crippen LogP contribution in [0.25, 0.3) is 0 Å². The lowest BCUT2D eigenvalue weighted by Gasteiger charge is -2.50. The second-order valence-corrected chi connectivity index (χ2v) is 12.3. The summed E-state index contributed by atoms with van der Waals surface area (Å²) in [6.45, 7) is 1.05. The van der Waals surface area contributed by atoms with Crippen LogP contribution in [0.2, 0.25) is 5.02 Å². The van der Waals surface area contributed by atoms with Crippen LogP contribution in [0.1, 0.15) is 50.6 Å². The minimum Gasteiger partial charge on any atom is -0.392 e. The first kappa shape index (κ1) is 31.2. The van der Waals surface area contributed by atoms with Crippen LogP contribution < -0.4 is 5.32 Å². The Morgan fingerprint density at radius 1 is 0.977 bits per heavy atom. The van der Waals surface area contributed by atoms with Crippen molar-refractivity contribution >= 4 is 46.0 Å². The predicted octanol–water partition coefficient (Wildman–Crippen LogP) is 6.47. The van der Waals surface area contributed by atoms with Gasteiger partial charge in [0.15, 0.2) is 0 Å². The maximum atomic E-state index is 14.9. The summed E-state index contributed by atoms with van der Waals surface area (Å²) in [5.41, 5.74) is 3.33. The summed E-state index contributed by atoms with van der Waals surface area (Å²) in [7, 11) is 1.64. The summed E-state index contributed by atoms with van der Waals surface area (Å²) in [5.74, 6) is -0.332. The molecule has 4 aromatic carbocycles. The minimum absolute atomic E-state index is 0.108. The molecule has 6 nitrogen and oxygen atoms in total. The number of carbonyl (C=O) groups is 2. The summed E-state index contributed by atoms with van der Waals surface area (Å²) in [5, 5.41) is 13.6. The van der Waals surface area contributed by atoms with E-state index in [4.69, 9.17) is 16.3 Å². The molecular formula is C35H34ClIN2O4.